The minimum atomic E-state index is -0.902. The molecule has 16 heavy (non-hydrogen) atoms. The molecule has 0 aliphatic carbocycles. The average Bonchev–Trinajstić information content (AvgIpc) is 2.63. The molecule has 0 radical (unpaired) electrons. The molecule has 84 valence electrons. The minimum absolute atomic E-state index is 0.203. The smallest absolute Gasteiger partial charge is 0.124 e. The van der Waals surface area contributed by atoms with Crippen molar-refractivity contribution < 1.29 is 9.50 Å². The predicted octanol–water partition coefficient (Wildman–Crippen LogP) is 2.29. The molecule has 0 bridgehead atoms. The first-order chi connectivity index (χ1) is 7.59. The molecule has 0 amide bonds. The fourth-order valence-corrected chi connectivity index (χ4v) is 1.81. The summed E-state index contributed by atoms with van der Waals surface area (Å²) in [5.74, 6) is -0.425. The van der Waals surface area contributed by atoms with E-state index in [4.69, 9.17) is 11.6 Å². The monoisotopic (exact) mass is 240 g/mol. The number of nitrogens with zero attached hydrogens (tertiary/aromatic N) is 2. The zero-order valence-electron chi connectivity index (χ0n) is 8.56. The van der Waals surface area contributed by atoms with Gasteiger partial charge in [-0.2, -0.15) is 5.10 Å². The van der Waals surface area contributed by atoms with Crippen LogP contribution in [-0.4, -0.2) is 14.9 Å². The van der Waals surface area contributed by atoms with Gasteiger partial charge in [-0.1, -0.05) is 17.7 Å². The van der Waals surface area contributed by atoms with Crippen molar-refractivity contribution in [3.8, 4) is 0 Å². The van der Waals surface area contributed by atoms with Crippen LogP contribution in [0.4, 0.5) is 4.39 Å². The molecule has 1 atom stereocenters. The van der Waals surface area contributed by atoms with Crippen LogP contribution in [0.15, 0.2) is 30.5 Å². The second-order valence-corrected chi connectivity index (χ2v) is 3.86. The van der Waals surface area contributed by atoms with Crippen molar-refractivity contribution >= 4 is 11.6 Å². The lowest BCUT2D eigenvalue weighted by Gasteiger charge is -2.12. The summed E-state index contributed by atoms with van der Waals surface area (Å²) in [6.07, 6.45) is 0.677. The van der Waals surface area contributed by atoms with Gasteiger partial charge in [0.15, 0.2) is 0 Å². The number of rotatable bonds is 2. The highest BCUT2D eigenvalue weighted by Gasteiger charge is 2.17. The third kappa shape index (κ3) is 1.94. The molecule has 2 aromatic rings. The van der Waals surface area contributed by atoms with Gasteiger partial charge in [0.25, 0.3) is 0 Å². The Balaban J connectivity index is 2.41. The van der Waals surface area contributed by atoms with Crippen molar-refractivity contribution in [3.63, 3.8) is 0 Å². The van der Waals surface area contributed by atoms with Gasteiger partial charge in [-0.3, -0.25) is 4.68 Å². The SMILES string of the molecule is Cn1nccc1C(O)c1ccc(F)cc1Cl. The number of aromatic nitrogens is 2. The molecule has 0 fully saturated rings. The van der Waals surface area contributed by atoms with E-state index < -0.39 is 11.9 Å². The van der Waals surface area contributed by atoms with E-state index in [0.717, 1.165) is 0 Å². The maximum atomic E-state index is 12.8. The number of aliphatic hydroxyl groups is 1. The number of halogens is 2. The topological polar surface area (TPSA) is 38.0 Å². The highest BCUT2D eigenvalue weighted by atomic mass is 35.5. The fraction of sp³-hybridized carbons (Fsp3) is 0.182. The van der Waals surface area contributed by atoms with Crippen LogP contribution >= 0.6 is 11.6 Å². The number of benzene rings is 1. The van der Waals surface area contributed by atoms with E-state index in [1.54, 1.807) is 24.0 Å². The molecule has 3 nitrogen and oxygen atoms in total. The zero-order valence-corrected chi connectivity index (χ0v) is 9.32. The first kappa shape index (κ1) is 11.1. The quantitative estimate of drug-likeness (QED) is 0.875. The van der Waals surface area contributed by atoms with E-state index in [1.807, 2.05) is 0 Å². The molecule has 1 aromatic carbocycles. The van der Waals surface area contributed by atoms with Crippen LogP contribution < -0.4 is 0 Å². The number of aliphatic hydroxyl groups excluding tert-OH is 1. The molecule has 5 heteroatoms. The predicted molar refractivity (Wildman–Crippen MR) is 58.7 cm³/mol. The van der Waals surface area contributed by atoms with E-state index in [-0.39, 0.29) is 5.02 Å². The summed E-state index contributed by atoms with van der Waals surface area (Å²) in [5, 5.41) is 14.2. The van der Waals surface area contributed by atoms with Gasteiger partial charge in [0.05, 0.1) is 5.69 Å². The number of aryl methyl sites for hydroxylation is 1. The first-order valence-corrected chi connectivity index (χ1v) is 5.08. The van der Waals surface area contributed by atoms with Gasteiger partial charge >= 0.3 is 0 Å². The van der Waals surface area contributed by atoms with Crippen LogP contribution in [0, 0.1) is 5.82 Å². The van der Waals surface area contributed by atoms with Crippen LogP contribution in [0.1, 0.15) is 17.4 Å². The standard InChI is InChI=1S/C11H10ClFN2O/c1-15-10(4-5-14-15)11(16)8-3-2-7(13)6-9(8)12/h2-6,11,16H,1H3. The van der Waals surface area contributed by atoms with E-state index in [1.165, 1.54) is 18.2 Å². The third-order valence-corrected chi connectivity index (χ3v) is 2.72. The fourth-order valence-electron chi connectivity index (χ4n) is 1.53. The van der Waals surface area contributed by atoms with Gasteiger partial charge in [-0.05, 0) is 18.2 Å². The Labute approximate surface area is 97.1 Å². The number of hydrogen-bond donors (Lipinski definition) is 1. The van der Waals surface area contributed by atoms with Crippen LogP contribution in [-0.2, 0) is 7.05 Å². The molecule has 0 saturated carbocycles. The molecule has 1 heterocycles. The third-order valence-electron chi connectivity index (χ3n) is 2.40. The Morgan fingerprint density at radius 2 is 2.19 bits per heavy atom. The summed E-state index contributed by atoms with van der Waals surface area (Å²) >= 11 is 5.86. The molecule has 0 aliphatic rings. The maximum absolute atomic E-state index is 12.8. The van der Waals surface area contributed by atoms with Crippen molar-refractivity contribution in [1.29, 1.82) is 0 Å². The summed E-state index contributed by atoms with van der Waals surface area (Å²) < 4.78 is 14.4. The molecule has 2 rings (SSSR count). The summed E-state index contributed by atoms with van der Waals surface area (Å²) in [5.41, 5.74) is 1.07. The summed E-state index contributed by atoms with van der Waals surface area (Å²) in [4.78, 5) is 0. The highest BCUT2D eigenvalue weighted by molar-refractivity contribution is 6.31. The van der Waals surface area contributed by atoms with Gasteiger partial charge < -0.3 is 5.11 Å². The lowest BCUT2D eigenvalue weighted by atomic mass is 10.1. The molecule has 1 aromatic heterocycles. The Hall–Kier alpha value is -1.39. The highest BCUT2D eigenvalue weighted by Crippen LogP contribution is 2.28. The van der Waals surface area contributed by atoms with Crippen molar-refractivity contribution in [2.24, 2.45) is 7.05 Å². The zero-order chi connectivity index (χ0) is 11.7. The molecule has 0 spiro atoms. The normalized spacial score (nSPS) is 12.8. The molecular weight excluding hydrogens is 231 g/mol. The average molecular weight is 241 g/mol. The number of hydrogen-bond acceptors (Lipinski definition) is 2. The van der Waals surface area contributed by atoms with Crippen LogP contribution in [0.25, 0.3) is 0 Å². The van der Waals surface area contributed by atoms with Crippen molar-refractivity contribution in [2.45, 2.75) is 6.10 Å². The van der Waals surface area contributed by atoms with Gasteiger partial charge in [-0.25, -0.2) is 4.39 Å². The van der Waals surface area contributed by atoms with Gasteiger partial charge in [0, 0.05) is 23.8 Å². The maximum Gasteiger partial charge on any atom is 0.124 e. The van der Waals surface area contributed by atoms with Crippen molar-refractivity contribution in [1.82, 2.24) is 9.78 Å². The van der Waals surface area contributed by atoms with E-state index in [2.05, 4.69) is 5.10 Å². The van der Waals surface area contributed by atoms with E-state index >= 15 is 0 Å². The first-order valence-electron chi connectivity index (χ1n) is 4.70. The van der Waals surface area contributed by atoms with Crippen LogP contribution in [0.2, 0.25) is 5.02 Å². The lowest BCUT2D eigenvalue weighted by Crippen LogP contribution is -2.07. The molecule has 0 aliphatic heterocycles. The van der Waals surface area contributed by atoms with Gasteiger partial charge in [0.2, 0.25) is 0 Å². The molecule has 1 N–H and O–H groups in total. The molecular formula is C11H10ClFN2O. The molecule has 0 saturated heterocycles. The Morgan fingerprint density at radius 3 is 2.75 bits per heavy atom. The Bertz CT molecular complexity index is 512. The van der Waals surface area contributed by atoms with Gasteiger partial charge in [0.1, 0.15) is 11.9 Å². The molecule has 1 unspecified atom stereocenters. The van der Waals surface area contributed by atoms with Crippen LogP contribution in [0.3, 0.4) is 0 Å². The largest absolute Gasteiger partial charge is 0.382 e. The van der Waals surface area contributed by atoms with Crippen molar-refractivity contribution in [2.75, 3.05) is 0 Å². The van der Waals surface area contributed by atoms with Crippen molar-refractivity contribution in [3.05, 3.63) is 52.6 Å². The lowest BCUT2D eigenvalue weighted by molar-refractivity contribution is 0.210. The second-order valence-electron chi connectivity index (χ2n) is 3.45. The van der Waals surface area contributed by atoms with E-state index in [9.17, 15) is 9.50 Å². The summed E-state index contributed by atoms with van der Waals surface area (Å²) in [6.45, 7) is 0. The second kappa shape index (κ2) is 4.23. The minimum Gasteiger partial charge on any atom is -0.382 e. The summed E-state index contributed by atoms with van der Waals surface area (Å²) in [6, 6.07) is 5.59. The summed E-state index contributed by atoms with van der Waals surface area (Å²) in [7, 11) is 1.72. The van der Waals surface area contributed by atoms with E-state index in [0.29, 0.717) is 11.3 Å². The van der Waals surface area contributed by atoms with Gasteiger partial charge in [-0.15, -0.1) is 0 Å². The van der Waals surface area contributed by atoms with Crippen LogP contribution in [0.5, 0.6) is 0 Å². The Kier molecular flexibility index (Phi) is 2.94. The Morgan fingerprint density at radius 1 is 1.44 bits per heavy atom.